The van der Waals surface area contributed by atoms with Crippen LogP contribution in [-0.2, 0) is 16.1 Å². The van der Waals surface area contributed by atoms with Gasteiger partial charge in [-0.1, -0.05) is 36.4 Å². The minimum Gasteiger partial charge on any atom is -0.341 e. The molecule has 0 unspecified atom stereocenters. The summed E-state index contributed by atoms with van der Waals surface area (Å²) in [6, 6.07) is 18.6. The fourth-order valence-electron chi connectivity index (χ4n) is 2.56. The van der Waals surface area contributed by atoms with Crippen LogP contribution in [0.3, 0.4) is 0 Å². The Morgan fingerprint density at radius 1 is 1.08 bits per heavy atom. The number of hydrogen-bond acceptors (Lipinski definition) is 3. The van der Waals surface area contributed by atoms with Crippen molar-refractivity contribution in [1.29, 1.82) is 5.26 Å². The summed E-state index contributed by atoms with van der Waals surface area (Å²) in [6.07, 6.45) is 0.222. The van der Waals surface area contributed by atoms with Crippen LogP contribution in [0.25, 0.3) is 0 Å². The molecule has 0 fully saturated rings. The van der Waals surface area contributed by atoms with E-state index in [1.54, 1.807) is 36.2 Å². The van der Waals surface area contributed by atoms with E-state index in [0.717, 1.165) is 5.56 Å². The number of carbonyl (C=O) groups excluding carboxylic acids is 2. The summed E-state index contributed by atoms with van der Waals surface area (Å²) in [4.78, 5) is 27.5. The average Bonchev–Trinajstić information content (AvgIpc) is 2.62. The van der Waals surface area contributed by atoms with Crippen molar-refractivity contribution in [1.82, 2.24) is 4.90 Å². The summed E-state index contributed by atoms with van der Waals surface area (Å²) in [5.41, 5.74) is 2.17. The second kappa shape index (κ2) is 8.65. The van der Waals surface area contributed by atoms with Gasteiger partial charge in [-0.25, -0.2) is 0 Å². The lowest BCUT2D eigenvalue weighted by Crippen LogP contribution is -2.34. The maximum absolute atomic E-state index is 12.4. The Balaban J connectivity index is 1.99. The van der Waals surface area contributed by atoms with Gasteiger partial charge in [0.05, 0.1) is 11.6 Å². The molecular weight excluding hydrogens is 314 g/mol. The van der Waals surface area contributed by atoms with Gasteiger partial charge in [0.1, 0.15) is 0 Å². The van der Waals surface area contributed by atoms with E-state index in [1.807, 2.05) is 30.3 Å². The molecule has 2 aromatic rings. The third-order valence-corrected chi connectivity index (χ3v) is 3.90. The fraction of sp³-hybridized carbons (Fsp3) is 0.250. The highest BCUT2D eigenvalue weighted by atomic mass is 16.2. The maximum Gasteiger partial charge on any atom is 0.224 e. The molecule has 0 spiro atoms. The molecule has 0 atom stereocenters. The van der Waals surface area contributed by atoms with E-state index in [1.165, 1.54) is 11.8 Å². The molecule has 0 saturated heterocycles. The summed E-state index contributed by atoms with van der Waals surface area (Å²) in [5.74, 6) is -0.194. The van der Waals surface area contributed by atoms with Crippen LogP contribution in [0.2, 0.25) is 0 Å². The van der Waals surface area contributed by atoms with Gasteiger partial charge in [0.25, 0.3) is 0 Å². The Hall–Kier alpha value is -3.13. The fourth-order valence-corrected chi connectivity index (χ4v) is 2.56. The summed E-state index contributed by atoms with van der Waals surface area (Å²) in [6.45, 7) is 2.27. The second-order valence-electron chi connectivity index (χ2n) is 5.82. The van der Waals surface area contributed by atoms with Crippen molar-refractivity contribution in [2.45, 2.75) is 19.9 Å². The number of carbonyl (C=O) groups is 2. The van der Waals surface area contributed by atoms with Gasteiger partial charge in [-0.15, -0.1) is 0 Å². The molecule has 0 aliphatic rings. The number of rotatable bonds is 6. The average molecular weight is 335 g/mol. The molecule has 5 nitrogen and oxygen atoms in total. The van der Waals surface area contributed by atoms with Crippen LogP contribution in [0, 0.1) is 11.3 Å². The number of benzene rings is 2. The molecule has 0 bridgehead atoms. The number of nitrogens with zero attached hydrogens (tertiary/aromatic N) is 3. The summed E-state index contributed by atoms with van der Waals surface area (Å²) >= 11 is 0. The monoisotopic (exact) mass is 335 g/mol. The molecule has 0 saturated carbocycles. The number of nitriles is 1. The summed E-state index contributed by atoms with van der Waals surface area (Å²) in [7, 11) is 1.75. The van der Waals surface area contributed by atoms with E-state index < -0.39 is 0 Å². The quantitative estimate of drug-likeness (QED) is 0.815. The molecule has 0 aromatic heterocycles. The first kappa shape index (κ1) is 18.2. The highest BCUT2D eigenvalue weighted by molar-refractivity contribution is 5.92. The van der Waals surface area contributed by atoms with Crippen LogP contribution < -0.4 is 4.90 Å². The second-order valence-corrected chi connectivity index (χ2v) is 5.82. The van der Waals surface area contributed by atoms with Gasteiger partial charge in [-0.3, -0.25) is 9.59 Å². The number of amides is 2. The number of anilines is 1. The largest absolute Gasteiger partial charge is 0.341 e. The lowest BCUT2D eigenvalue weighted by Gasteiger charge is -2.23. The molecule has 2 aromatic carbocycles. The molecule has 0 aliphatic heterocycles. The van der Waals surface area contributed by atoms with Gasteiger partial charge in [0.2, 0.25) is 11.8 Å². The summed E-state index contributed by atoms with van der Waals surface area (Å²) < 4.78 is 0. The van der Waals surface area contributed by atoms with E-state index in [-0.39, 0.29) is 24.8 Å². The molecule has 0 heterocycles. The van der Waals surface area contributed by atoms with E-state index in [4.69, 9.17) is 5.26 Å². The van der Waals surface area contributed by atoms with Crippen LogP contribution >= 0.6 is 0 Å². The summed E-state index contributed by atoms with van der Waals surface area (Å²) in [5, 5.41) is 9.00. The van der Waals surface area contributed by atoms with Crippen molar-refractivity contribution in [3.63, 3.8) is 0 Å². The zero-order valence-corrected chi connectivity index (χ0v) is 14.5. The van der Waals surface area contributed by atoms with Crippen molar-refractivity contribution in [3.05, 3.63) is 65.7 Å². The third kappa shape index (κ3) is 5.18. The molecule has 25 heavy (non-hydrogen) atoms. The van der Waals surface area contributed by atoms with Crippen molar-refractivity contribution in [2.75, 3.05) is 18.5 Å². The molecular formula is C20H21N3O2. The Bertz CT molecular complexity index is 781. The van der Waals surface area contributed by atoms with Crippen molar-refractivity contribution < 1.29 is 9.59 Å². The molecule has 2 amide bonds. The highest BCUT2D eigenvalue weighted by Crippen LogP contribution is 2.17. The molecule has 0 radical (unpaired) electrons. The molecule has 2 rings (SSSR count). The van der Waals surface area contributed by atoms with Crippen LogP contribution in [0.4, 0.5) is 5.69 Å². The Morgan fingerprint density at radius 3 is 2.44 bits per heavy atom. The molecule has 128 valence electrons. The normalized spacial score (nSPS) is 9.96. The van der Waals surface area contributed by atoms with E-state index in [9.17, 15) is 9.59 Å². The lowest BCUT2D eigenvalue weighted by atomic mass is 10.2. The van der Waals surface area contributed by atoms with E-state index in [0.29, 0.717) is 17.8 Å². The van der Waals surface area contributed by atoms with Gasteiger partial charge < -0.3 is 9.80 Å². The zero-order valence-electron chi connectivity index (χ0n) is 14.5. The molecule has 5 heteroatoms. The Kier molecular flexibility index (Phi) is 6.30. The van der Waals surface area contributed by atoms with Gasteiger partial charge in [0, 0.05) is 39.2 Å². The highest BCUT2D eigenvalue weighted by Gasteiger charge is 2.16. The van der Waals surface area contributed by atoms with Gasteiger partial charge in [0.15, 0.2) is 0 Å². The van der Waals surface area contributed by atoms with Gasteiger partial charge in [-0.2, -0.15) is 5.26 Å². The van der Waals surface area contributed by atoms with E-state index >= 15 is 0 Å². The van der Waals surface area contributed by atoms with E-state index in [2.05, 4.69) is 6.07 Å². The molecule has 0 N–H and O–H groups in total. The predicted molar refractivity (Wildman–Crippen MR) is 96.7 cm³/mol. The minimum atomic E-state index is -0.159. The minimum absolute atomic E-state index is 0.0356. The van der Waals surface area contributed by atoms with Gasteiger partial charge >= 0.3 is 0 Å². The van der Waals surface area contributed by atoms with Gasteiger partial charge in [-0.05, 0) is 23.8 Å². The third-order valence-electron chi connectivity index (χ3n) is 3.90. The first-order valence-corrected chi connectivity index (χ1v) is 8.07. The van der Waals surface area contributed by atoms with Crippen molar-refractivity contribution in [3.8, 4) is 6.07 Å². The van der Waals surface area contributed by atoms with Crippen molar-refractivity contribution in [2.24, 2.45) is 0 Å². The topological polar surface area (TPSA) is 64.4 Å². The SMILES string of the molecule is CC(=O)N(CCC(=O)N(C)Cc1ccccc1)c1cccc(C#N)c1. The van der Waals surface area contributed by atoms with Crippen LogP contribution in [0.15, 0.2) is 54.6 Å². The van der Waals surface area contributed by atoms with Crippen LogP contribution in [0.5, 0.6) is 0 Å². The predicted octanol–water partition coefficient (Wildman–Crippen LogP) is 2.96. The standard InChI is InChI=1S/C20H21N3O2/c1-16(24)23(19-10-6-9-18(13-19)14-21)12-11-20(25)22(2)15-17-7-4-3-5-8-17/h3-10,13H,11-12,15H2,1-2H3. The Labute approximate surface area is 148 Å². The molecule has 0 aliphatic carbocycles. The smallest absolute Gasteiger partial charge is 0.224 e. The lowest BCUT2D eigenvalue weighted by molar-refractivity contribution is -0.130. The zero-order chi connectivity index (χ0) is 18.2. The number of hydrogen-bond donors (Lipinski definition) is 0. The first-order chi connectivity index (χ1) is 12.0. The van der Waals surface area contributed by atoms with Crippen LogP contribution in [0.1, 0.15) is 24.5 Å². The Morgan fingerprint density at radius 2 is 1.80 bits per heavy atom. The van der Waals surface area contributed by atoms with Crippen molar-refractivity contribution >= 4 is 17.5 Å². The van der Waals surface area contributed by atoms with Crippen LogP contribution in [-0.4, -0.2) is 30.3 Å². The maximum atomic E-state index is 12.4. The first-order valence-electron chi connectivity index (χ1n) is 8.07.